The molecule has 1 saturated heterocycles. The van der Waals surface area contributed by atoms with Crippen LogP contribution < -0.4 is 0 Å². The quantitative estimate of drug-likeness (QED) is 0.550. The number of halogens is 3. The van der Waals surface area contributed by atoms with Crippen molar-refractivity contribution in [2.75, 3.05) is 6.61 Å². The summed E-state index contributed by atoms with van der Waals surface area (Å²) in [4.78, 5) is 0. The molecular weight excluding hydrogens is 161 g/mol. The molecule has 2 nitrogen and oxygen atoms in total. The van der Waals surface area contributed by atoms with Crippen LogP contribution in [0.25, 0.3) is 0 Å². The summed E-state index contributed by atoms with van der Waals surface area (Å²) in [5.74, 6) is -1.10. The Labute approximate surface area is 62.3 Å². The Balaban J connectivity index is 2.55. The minimum absolute atomic E-state index is 0.406. The monoisotopic (exact) mass is 170 g/mol. The topological polar surface area (TPSA) is 18.5 Å². The highest BCUT2D eigenvalue weighted by molar-refractivity contribution is 4.76. The van der Waals surface area contributed by atoms with Gasteiger partial charge in [0.05, 0.1) is 6.61 Å². The Bertz CT molecular complexity index is 152. The molecule has 1 aliphatic heterocycles. The molecule has 1 atom stereocenters. The van der Waals surface area contributed by atoms with Crippen molar-refractivity contribution in [3.8, 4) is 0 Å². The molecule has 1 unspecified atom stereocenters. The van der Waals surface area contributed by atoms with Gasteiger partial charge in [-0.3, -0.25) is 0 Å². The molecule has 1 rings (SSSR count). The predicted molar refractivity (Wildman–Crippen MR) is 31.0 cm³/mol. The largest absolute Gasteiger partial charge is 0.417 e. The van der Waals surface area contributed by atoms with Gasteiger partial charge in [0.1, 0.15) is 0 Å². The van der Waals surface area contributed by atoms with Gasteiger partial charge in [0.2, 0.25) is 0 Å². The molecular formula is C6H9F3O2. The maximum atomic E-state index is 11.9. The fourth-order valence-corrected chi connectivity index (χ4v) is 0.848. The molecule has 5 heteroatoms. The third kappa shape index (κ3) is 2.07. The minimum atomic E-state index is -4.31. The van der Waals surface area contributed by atoms with E-state index in [9.17, 15) is 13.2 Å². The molecule has 0 aromatic rings. The van der Waals surface area contributed by atoms with E-state index in [0.717, 1.165) is 0 Å². The van der Waals surface area contributed by atoms with Crippen LogP contribution in [0.2, 0.25) is 0 Å². The minimum Gasteiger partial charge on any atom is -0.347 e. The van der Waals surface area contributed by atoms with Gasteiger partial charge in [-0.15, -0.1) is 0 Å². The van der Waals surface area contributed by atoms with Gasteiger partial charge in [0, 0.05) is 0 Å². The Hall–Kier alpha value is -0.290. The molecule has 0 radical (unpaired) electrons. The number of hydrogen-bond donors (Lipinski definition) is 0. The highest BCUT2D eigenvalue weighted by atomic mass is 19.4. The zero-order valence-corrected chi connectivity index (χ0v) is 6.23. The van der Waals surface area contributed by atoms with Crippen molar-refractivity contribution >= 4 is 0 Å². The molecule has 0 aromatic heterocycles. The molecule has 0 spiro atoms. The van der Waals surface area contributed by atoms with E-state index in [0.29, 0.717) is 0 Å². The van der Waals surface area contributed by atoms with Crippen molar-refractivity contribution in [2.24, 2.45) is 0 Å². The second-order valence-corrected chi connectivity index (χ2v) is 2.86. The van der Waals surface area contributed by atoms with Gasteiger partial charge in [-0.1, -0.05) is 0 Å². The fourth-order valence-electron chi connectivity index (χ4n) is 0.848. The predicted octanol–water partition coefficient (Wildman–Crippen LogP) is 1.70. The average molecular weight is 170 g/mol. The van der Waals surface area contributed by atoms with E-state index in [4.69, 9.17) is 4.74 Å². The molecule has 0 aromatic carbocycles. The molecule has 66 valence electrons. The van der Waals surface area contributed by atoms with E-state index in [1.807, 2.05) is 0 Å². The van der Waals surface area contributed by atoms with Crippen molar-refractivity contribution in [1.82, 2.24) is 0 Å². The number of ether oxygens (including phenoxy) is 2. The van der Waals surface area contributed by atoms with Gasteiger partial charge >= 0.3 is 6.18 Å². The Morgan fingerprint density at radius 1 is 1.36 bits per heavy atom. The van der Waals surface area contributed by atoms with Crippen molar-refractivity contribution in [3.05, 3.63) is 0 Å². The van der Waals surface area contributed by atoms with E-state index in [1.54, 1.807) is 0 Å². The first-order valence-corrected chi connectivity index (χ1v) is 3.20. The third-order valence-corrected chi connectivity index (χ3v) is 1.37. The molecule has 0 saturated carbocycles. The van der Waals surface area contributed by atoms with Crippen LogP contribution in [0.15, 0.2) is 0 Å². The van der Waals surface area contributed by atoms with Crippen molar-refractivity contribution in [3.63, 3.8) is 0 Å². The standard InChI is InChI=1S/C6H9F3O2/c1-5(2)10-3-4(11-5)6(7,8)9/h4H,3H2,1-2H3. The van der Waals surface area contributed by atoms with Crippen molar-refractivity contribution < 1.29 is 22.6 Å². The van der Waals surface area contributed by atoms with E-state index in [1.165, 1.54) is 13.8 Å². The maximum absolute atomic E-state index is 11.9. The Morgan fingerprint density at radius 3 is 2.09 bits per heavy atom. The smallest absolute Gasteiger partial charge is 0.347 e. The van der Waals surface area contributed by atoms with Crippen LogP contribution >= 0.6 is 0 Å². The second kappa shape index (κ2) is 2.35. The fraction of sp³-hybridized carbons (Fsp3) is 1.00. The maximum Gasteiger partial charge on any atom is 0.417 e. The first-order chi connectivity index (χ1) is 4.81. The lowest BCUT2D eigenvalue weighted by atomic mass is 10.4. The molecule has 11 heavy (non-hydrogen) atoms. The zero-order valence-electron chi connectivity index (χ0n) is 6.23. The van der Waals surface area contributed by atoms with Crippen molar-refractivity contribution in [2.45, 2.75) is 31.9 Å². The summed E-state index contributed by atoms with van der Waals surface area (Å²) in [6.07, 6.45) is -6.08. The van der Waals surface area contributed by atoms with Crippen LogP contribution in [0, 0.1) is 0 Å². The lowest BCUT2D eigenvalue weighted by Crippen LogP contribution is -2.32. The van der Waals surface area contributed by atoms with Gasteiger partial charge in [0.25, 0.3) is 0 Å². The molecule has 1 heterocycles. The zero-order chi connectivity index (χ0) is 8.70. The SMILES string of the molecule is CC1(C)OCC(C(F)(F)F)O1. The summed E-state index contributed by atoms with van der Waals surface area (Å²) in [5, 5.41) is 0. The Morgan fingerprint density at radius 2 is 1.91 bits per heavy atom. The van der Waals surface area contributed by atoms with Crippen LogP contribution in [0.5, 0.6) is 0 Å². The lowest BCUT2D eigenvalue weighted by molar-refractivity contribution is -0.232. The highest BCUT2D eigenvalue weighted by Crippen LogP contribution is 2.32. The molecule has 0 aliphatic carbocycles. The van der Waals surface area contributed by atoms with Crippen LogP contribution in [0.3, 0.4) is 0 Å². The highest BCUT2D eigenvalue weighted by Gasteiger charge is 2.48. The summed E-state index contributed by atoms with van der Waals surface area (Å²) < 4.78 is 45.0. The van der Waals surface area contributed by atoms with Gasteiger partial charge in [-0.25, -0.2) is 0 Å². The summed E-state index contributed by atoms with van der Waals surface area (Å²) in [6.45, 7) is 2.51. The van der Waals surface area contributed by atoms with Gasteiger partial charge < -0.3 is 9.47 Å². The van der Waals surface area contributed by atoms with Gasteiger partial charge in [0.15, 0.2) is 11.9 Å². The number of alkyl halides is 3. The summed E-state index contributed by atoms with van der Waals surface area (Å²) in [6, 6.07) is 0. The summed E-state index contributed by atoms with van der Waals surface area (Å²) in [7, 11) is 0. The average Bonchev–Trinajstić information content (AvgIpc) is 2.07. The van der Waals surface area contributed by atoms with Gasteiger partial charge in [-0.05, 0) is 13.8 Å². The van der Waals surface area contributed by atoms with Crippen molar-refractivity contribution in [1.29, 1.82) is 0 Å². The van der Waals surface area contributed by atoms with Crippen LogP contribution in [0.1, 0.15) is 13.8 Å². The van der Waals surface area contributed by atoms with Crippen LogP contribution in [-0.4, -0.2) is 24.7 Å². The molecule has 1 aliphatic rings. The van der Waals surface area contributed by atoms with Gasteiger partial charge in [-0.2, -0.15) is 13.2 Å². The van der Waals surface area contributed by atoms with E-state index < -0.39 is 24.7 Å². The molecule has 0 amide bonds. The Kier molecular flexibility index (Phi) is 1.88. The lowest BCUT2D eigenvalue weighted by Gasteiger charge is -2.18. The van der Waals surface area contributed by atoms with E-state index >= 15 is 0 Å². The van der Waals surface area contributed by atoms with E-state index in [-0.39, 0.29) is 0 Å². The summed E-state index contributed by atoms with van der Waals surface area (Å²) in [5.41, 5.74) is 0. The first kappa shape index (κ1) is 8.80. The van der Waals surface area contributed by atoms with Crippen LogP contribution in [0.4, 0.5) is 13.2 Å². The normalized spacial score (nSPS) is 30.8. The first-order valence-electron chi connectivity index (χ1n) is 3.20. The van der Waals surface area contributed by atoms with E-state index in [2.05, 4.69) is 4.74 Å². The third-order valence-electron chi connectivity index (χ3n) is 1.37. The molecule has 0 bridgehead atoms. The molecule has 0 N–H and O–H groups in total. The second-order valence-electron chi connectivity index (χ2n) is 2.86. The number of rotatable bonds is 0. The number of hydrogen-bond acceptors (Lipinski definition) is 2. The summed E-state index contributed by atoms with van der Waals surface area (Å²) >= 11 is 0. The molecule has 1 fully saturated rings. The van der Waals surface area contributed by atoms with Crippen LogP contribution in [-0.2, 0) is 9.47 Å².